The number of amides is 1. The van der Waals surface area contributed by atoms with E-state index in [-0.39, 0.29) is 35.7 Å². The lowest BCUT2D eigenvalue weighted by Gasteiger charge is -2.31. The molecule has 2 heterocycles. The summed E-state index contributed by atoms with van der Waals surface area (Å²) in [6.45, 7) is 2.80. The lowest BCUT2D eigenvalue weighted by molar-refractivity contribution is -0.130. The number of ether oxygens (including phenoxy) is 1. The molecule has 0 spiro atoms. The van der Waals surface area contributed by atoms with Crippen LogP contribution >= 0.6 is 0 Å². The van der Waals surface area contributed by atoms with E-state index in [1.165, 1.54) is 0 Å². The summed E-state index contributed by atoms with van der Waals surface area (Å²) in [5.41, 5.74) is 8.68. The second kappa shape index (κ2) is 7.21. The van der Waals surface area contributed by atoms with Gasteiger partial charge < -0.3 is 14.7 Å². The first-order chi connectivity index (χ1) is 13.1. The summed E-state index contributed by atoms with van der Waals surface area (Å²) in [6.07, 6.45) is 0.900. The second-order valence-electron chi connectivity index (χ2n) is 7.17. The Bertz CT molecular complexity index is 824. The smallest absolute Gasteiger partial charge is 0.242 e. The van der Waals surface area contributed by atoms with Gasteiger partial charge in [0.05, 0.1) is 19.2 Å². The third-order valence-electron chi connectivity index (χ3n) is 5.57. The Morgan fingerprint density at radius 2 is 1.81 bits per heavy atom. The highest BCUT2D eigenvalue weighted by atomic mass is 16.5. The number of methoxy groups -OCH3 is 1. The van der Waals surface area contributed by atoms with Crippen LogP contribution in [0.5, 0.6) is 11.5 Å². The van der Waals surface area contributed by atoms with Gasteiger partial charge in [0.1, 0.15) is 17.5 Å². The SMILES string of the molecule is CCCN1C(=O)C2NNC(c3cccc(OC)c3)C2C1c1ccc(O)cc1. The third kappa shape index (κ3) is 3.05. The van der Waals surface area contributed by atoms with Gasteiger partial charge in [-0.1, -0.05) is 31.2 Å². The summed E-state index contributed by atoms with van der Waals surface area (Å²) in [7, 11) is 1.66. The average molecular weight is 367 g/mol. The topological polar surface area (TPSA) is 73.8 Å². The normalized spacial score (nSPS) is 27.0. The molecule has 0 bridgehead atoms. The van der Waals surface area contributed by atoms with Crippen molar-refractivity contribution < 1.29 is 14.6 Å². The number of rotatable bonds is 5. The minimum absolute atomic E-state index is 0.0188. The predicted octanol–water partition coefficient (Wildman–Crippen LogP) is 2.53. The zero-order chi connectivity index (χ0) is 19.0. The molecule has 2 aliphatic heterocycles. The summed E-state index contributed by atoms with van der Waals surface area (Å²) >= 11 is 0. The van der Waals surface area contributed by atoms with Crippen LogP contribution in [0.25, 0.3) is 0 Å². The van der Waals surface area contributed by atoms with Crippen molar-refractivity contribution in [2.75, 3.05) is 13.7 Å². The summed E-state index contributed by atoms with van der Waals surface area (Å²) in [5, 5.41) is 9.68. The molecular formula is C21H25N3O3. The monoisotopic (exact) mass is 367 g/mol. The molecule has 0 radical (unpaired) electrons. The number of hydrogen-bond donors (Lipinski definition) is 3. The van der Waals surface area contributed by atoms with Crippen molar-refractivity contribution in [3.8, 4) is 11.5 Å². The van der Waals surface area contributed by atoms with Gasteiger partial charge >= 0.3 is 0 Å². The van der Waals surface area contributed by atoms with Gasteiger partial charge in [0.25, 0.3) is 0 Å². The molecule has 2 aromatic rings. The molecular weight excluding hydrogens is 342 g/mol. The number of fused-ring (bicyclic) bond motifs is 1. The Morgan fingerprint density at radius 1 is 1.07 bits per heavy atom. The number of phenolic OH excluding ortho intramolecular Hbond substituents is 1. The highest BCUT2D eigenvalue weighted by Crippen LogP contribution is 2.47. The lowest BCUT2D eigenvalue weighted by atomic mass is 9.83. The van der Waals surface area contributed by atoms with E-state index in [1.807, 2.05) is 35.2 Å². The molecule has 2 aromatic carbocycles. The van der Waals surface area contributed by atoms with Crippen molar-refractivity contribution in [3.63, 3.8) is 0 Å². The minimum Gasteiger partial charge on any atom is -0.508 e. The van der Waals surface area contributed by atoms with Crippen molar-refractivity contribution in [3.05, 3.63) is 59.7 Å². The van der Waals surface area contributed by atoms with Crippen molar-refractivity contribution in [1.82, 2.24) is 15.8 Å². The maximum atomic E-state index is 13.1. The second-order valence-corrected chi connectivity index (χ2v) is 7.17. The van der Waals surface area contributed by atoms with Gasteiger partial charge in [-0.2, -0.15) is 0 Å². The maximum absolute atomic E-state index is 13.1. The van der Waals surface area contributed by atoms with Crippen LogP contribution < -0.4 is 15.6 Å². The number of hydrazine groups is 1. The molecule has 0 saturated carbocycles. The molecule has 4 unspecified atom stereocenters. The van der Waals surface area contributed by atoms with Crippen LogP contribution in [-0.4, -0.2) is 35.6 Å². The van der Waals surface area contributed by atoms with E-state index >= 15 is 0 Å². The van der Waals surface area contributed by atoms with E-state index in [2.05, 4.69) is 23.8 Å². The zero-order valence-corrected chi connectivity index (χ0v) is 15.6. The molecule has 2 aliphatic rings. The molecule has 4 rings (SSSR count). The van der Waals surface area contributed by atoms with Crippen LogP contribution in [0.1, 0.15) is 36.6 Å². The van der Waals surface area contributed by atoms with Gasteiger partial charge in [0.2, 0.25) is 5.91 Å². The van der Waals surface area contributed by atoms with E-state index in [9.17, 15) is 9.90 Å². The fourth-order valence-electron chi connectivity index (χ4n) is 4.38. The van der Waals surface area contributed by atoms with Crippen LogP contribution in [0.4, 0.5) is 0 Å². The fourth-order valence-corrected chi connectivity index (χ4v) is 4.38. The van der Waals surface area contributed by atoms with E-state index in [0.717, 1.165) is 23.3 Å². The molecule has 6 heteroatoms. The molecule has 3 N–H and O–H groups in total. The van der Waals surface area contributed by atoms with Crippen LogP contribution in [0.15, 0.2) is 48.5 Å². The molecule has 2 saturated heterocycles. The van der Waals surface area contributed by atoms with Crippen molar-refractivity contribution >= 4 is 5.91 Å². The van der Waals surface area contributed by atoms with E-state index in [4.69, 9.17) is 4.74 Å². The predicted molar refractivity (Wildman–Crippen MR) is 102 cm³/mol. The molecule has 2 fully saturated rings. The zero-order valence-electron chi connectivity index (χ0n) is 15.6. The molecule has 27 heavy (non-hydrogen) atoms. The first kappa shape index (κ1) is 17.8. The lowest BCUT2D eigenvalue weighted by Crippen LogP contribution is -2.41. The first-order valence-corrected chi connectivity index (χ1v) is 9.38. The molecule has 6 nitrogen and oxygen atoms in total. The number of hydrogen-bond acceptors (Lipinski definition) is 5. The van der Waals surface area contributed by atoms with Gasteiger partial charge in [-0.3, -0.25) is 4.79 Å². The molecule has 4 atom stereocenters. The largest absolute Gasteiger partial charge is 0.508 e. The van der Waals surface area contributed by atoms with Gasteiger partial charge in [0, 0.05) is 12.5 Å². The number of benzene rings is 2. The van der Waals surface area contributed by atoms with Gasteiger partial charge in [0.15, 0.2) is 0 Å². The van der Waals surface area contributed by atoms with Crippen LogP contribution in [-0.2, 0) is 4.79 Å². The first-order valence-electron chi connectivity index (χ1n) is 9.38. The van der Waals surface area contributed by atoms with E-state index < -0.39 is 0 Å². The summed E-state index contributed by atoms with van der Waals surface area (Å²) in [5.74, 6) is 1.20. The molecule has 1 amide bonds. The fraction of sp³-hybridized carbons (Fsp3) is 0.381. The number of aromatic hydroxyl groups is 1. The number of likely N-dealkylation sites (tertiary alicyclic amines) is 1. The Balaban J connectivity index is 1.75. The third-order valence-corrected chi connectivity index (χ3v) is 5.57. The average Bonchev–Trinajstić information content (AvgIpc) is 3.23. The van der Waals surface area contributed by atoms with Gasteiger partial charge in [-0.15, -0.1) is 0 Å². The number of carbonyl (C=O) groups is 1. The molecule has 142 valence electrons. The van der Waals surface area contributed by atoms with Crippen molar-refractivity contribution in [1.29, 1.82) is 0 Å². The standard InChI is InChI=1S/C21H25N3O3/c1-3-11-24-20(13-7-9-15(25)10-8-13)17-18(22-23-19(17)21(24)26)14-5-4-6-16(12-14)27-2/h4-10,12,17-20,22-23,25H,3,11H2,1-2H3. The summed E-state index contributed by atoms with van der Waals surface area (Å²) in [6, 6.07) is 14.8. The Morgan fingerprint density at radius 3 is 2.52 bits per heavy atom. The maximum Gasteiger partial charge on any atom is 0.242 e. The van der Waals surface area contributed by atoms with Crippen LogP contribution in [0.3, 0.4) is 0 Å². The highest BCUT2D eigenvalue weighted by molar-refractivity contribution is 5.86. The van der Waals surface area contributed by atoms with Crippen molar-refractivity contribution in [2.45, 2.75) is 31.5 Å². The molecule has 0 aromatic heterocycles. The van der Waals surface area contributed by atoms with Crippen molar-refractivity contribution in [2.24, 2.45) is 5.92 Å². The number of nitrogens with one attached hydrogen (secondary N) is 2. The van der Waals surface area contributed by atoms with Crippen LogP contribution in [0.2, 0.25) is 0 Å². The van der Waals surface area contributed by atoms with E-state index in [1.54, 1.807) is 19.2 Å². The Hall–Kier alpha value is -2.57. The van der Waals surface area contributed by atoms with E-state index in [0.29, 0.717) is 6.54 Å². The Kier molecular flexibility index (Phi) is 4.76. The highest BCUT2D eigenvalue weighted by Gasteiger charge is 2.55. The minimum atomic E-state index is -0.272. The Labute approximate surface area is 159 Å². The summed E-state index contributed by atoms with van der Waals surface area (Å²) < 4.78 is 5.38. The van der Waals surface area contributed by atoms with Crippen LogP contribution in [0, 0.1) is 5.92 Å². The quantitative estimate of drug-likeness (QED) is 0.757. The number of phenols is 1. The summed E-state index contributed by atoms with van der Waals surface area (Å²) in [4.78, 5) is 15.1. The molecule has 0 aliphatic carbocycles. The van der Waals surface area contributed by atoms with Gasteiger partial charge in [-0.25, -0.2) is 10.9 Å². The number of nitrogens with zero attached hydrogens (tertiary/aromatic N) is 1. The number of carbonyl (C=O) groups excluding carboxylic acids is 1. The van der Waals surface area contributed by atoms with Gasteiger partial charge in [-0.05, 0) is 41.8 Å².